The molecule has 0 fully saturated rings. The fraction of sp³-hybridized carbons (Fsp3) is 0.375. The summed E-state index contributed by atoms with van der Waals surface area (Å²) in [6.07, 6.45) is 2.42. The first kappa shape index (κ1) is 12.5. The van der Waals surface area contributed by atoms with E-state index in [2.05, 4.69) is 0 Å². The SMILES string of the molecule is Cl.NCCCn1cc(Cl)ccc1=O. The standard InChI is InChI=1S/C8H11ClN2O.ClH/c9-7-2-3-8(12)11(6-7)5-1-4-10;/h2-3,6H,1,4-5,10H2;1H. The van der Waals surface area contributed by atoms with E-state index < -0.39 is 0 Å². The van der Waals surface area contributed by atoms with Gasteiger partial charge in [0, 0.05) is 18.8 Å². The van der Waals surface area contributed by atoms with Crippen molar-refractivity contribution in [2.75, 3.05) is 6.54 Å². The Morgan fingerprint density at radius 3 is 2.77 bits per heavy atom. The Morgan fingerprint density at radius 2 is 2.15 bits per heavy atom. The summed E-state index contributed by atoms with van der Waals surface area (Å²) in [5.74, 6) is 0. The molecule has 3 nitrogen and oxygen atoms in total. The molecule has 0 saturated carbocycles. The van der Waals surface area contributed by atoms with Crippen LogP contribution in [0.4, 0.5) is 0 Å². The number of hydrogen-bond acceptors (Lipinski definition) is 2. The lowest BCUT2D eigenvalue weighted by molar-refractivity contribution is 0.630. The van der Waals surface area contributed by atoms with E-state index in [1.165, 1.54) is 6.07 Å². The molecule has 0 unspecified atom stereocenters. The van der Waals surface area contributed by atoms with Gasteiger partial charge in [-0.1, -0.05) is 11.6 Å². The van der Waals surface area contributed by atoms with Crippen molar-refractivity contribution in [1.82, 2.24) is 4.57 Å². The smallest absolute Gasteiger partial charge is 0.250 e. The van der Waals surface area contributed by atoms with Crippen molar-refractivity contribution in [3.63, 3.8) is 0 Å². The Hall–Kier alpha value is -0.510. The zero-order valence-electron chi connectivity index (χ0n) is 7.07. The monoisotopic (exact) mass is 222 g/mol. The average Bonchev–Trinajstić information content (AvgIpc) is 2.07. The molecule has 0 aliphatic carbocycles. The average molecular weight is 223 g/mol. The second-order valence-electron chi connectivity index (χ2n) is 2.52. The lowest BCUT2D eigenvalue weighted by atomic mass is 10.4. The van der Waals surface area contributed by atoms with Crippen LogP contribution < -0.4 is 11.3 Å². The Bertz CT molecular complexity index is 311. The van der Waals surface area contributed by atoms with Crippen molar-refractivity contribution in [3.05, 3.63) is 33.7 Å². The molecule has 5 heteroatoms. The second-order valence-corrected chi connectivity index (χ2v) is 2.96. The van der Waals surface area contributed by atoms with Gasteiger partial charge in [-0.15, -0.1) is 12.4 Å². The molecule has 0 bridgehead atoms. The zero-order chi connectivity index (χ0) is 8.97. The first-order valence-corrected chi connectivity index (χ1v) is 4.18. The molecule has 0 atom stereocenters. The van der Waals surface area contributed by atoms with E-state index >= 15 is 0 Å². The van der Waals surface area contributed by atoms with Gasteiger partial charge in [0.2, 0.25) is 0 Å². The van der Waals surface area contributed by atoms with Crippen LogP contribution in [0.1, 0.15) is 6.42 Å². The van der Waals surface area contributed by atoms with Crippen LogP contribution in [0.3, 0.4) is 0 Å². The second kappa shape index (κ2) is 6.02. The van der Waals surface area contributed by atoms with Crippen molar-refractivity contribution >= 4 is 24.0 Å². The molecule has 1 aromatic rings. The fourth-order valence-electron chi connectivity index (χ4n) is 0.939. The third-order valence-electron chi connectivity index (χ3n) is 1.55. The minimum Gasteiger partial charge on any atom is -0.330 e. The zero-order valence-corrected chi connectivity index (χ0v) is 8.64. The van der Waals surface area contributed by atoms with Crippen molar-refractivity contribution in [1.29, 1.82) is 0 Å². The molecule has 0 aromatic carbocycles. The van der Waals surface area contributed by atoms with Crippen LogP contribution in [0.5, 0.6) is 0 Å². The minimum absolute atomic E-state index is 0. The molecule has 0 radical (unpaired) electrons. The van der Waals surface area contributed by atoms with Crippen LogP contribution in [-0.4, -0.2) is 11.1 Å². The van der Waals surface area contributed by atoms with Crippen LogP contribution in [0.15, 0.2) is 23.1 Å². The predicted octanol–water partition coefficient (Wildman–Crippen LogP) is 1.27. The molecule has 2 N–H and O–H groups in total. The highest BCUT2D eigenvalue weighted by atomic mass is 35.5. The molecule has 0 aliphatic rings. The summed E-state index contributed by atoms with van der Waals surface area (Å²) in [4.78, 5) is 11.1. The third kappa shape index (κ3) is 3.81. The lowest BCUT2D eigenvalue weighted by Crippen LogP contribution is -2.19. The number of nitrogens with zero attached hydrogens (tertiary/aromatic N) is 1. The van der Waals surface area contributed by atoms with Gasteiger partial charge < -0.3 is 10.3 Å². The summed E-state index contributed by atoms with van der Waals surface area (Å²) in [6, 6.07) is 3.04. The topological polar surface area (TPSA) is 48.0 Å². The summed E-state index contributed by atoms with van der Waals surface area (Å²) < 4.78 is 1.56. The summed E-state index contributed by atoms with van der Waals surface area (Å²) in [6.45, 7) is 1.22. The number of rotatable bonds is 3. The van der Waals surface area contributed by atoms with Crippen molar-refractivity contribution < 1.29 is 0 Å². The minimum atomic E-state index is -0.0344. The molecule has 13 heavy (non-hydrogen) atoms. The van der Waals surface area contributed by atoms with Crippen molar-refractivity contribution in [2.45, 2.75) is 13.0 Å². The van der Waals surface area contributed by atoms with E-state index in [0.29, 0.717) is 18.1 Å². The highest BCUT2D eigenvalue weighted by molar-refractivity contribution is 6.30. The highest BCUT2D eigenvalue weighted by Crippen LogP contribution is 2.03. The van der Waals surface area contributed by atoms with Crippen molar-refractivity contribution in [2.24, 2.45) is 5.73 Å². The van der Waals surface area contributed by atoms with E-state index in [0.717, 1.165) is 6.42 Å². The summed E-state index contributed by atoms with van der Waals surface area (Å²) in [7, 11) is 0. The maximum absolute atomic E-state index is 11.1. The van der Waals surface area contributed by atoms with Gasteiger partial charge in [0.25, 0.3) is 5.56 Å². The normalized spacial score (nSPS) is 9.38. The molecule has 0 spiro atoms. The largest absolute Gasteiger partial charge is 0.330 e. The summed E-state index contributed by atoms with van der Waals surface area (Å²) in [5, 5.41) is 0.576. The quantitative estimate of drug-likeness (QED) is 0.838. The van der Waals surface area contributed by atoms with Crippen LogP contribution in [0.2, 0.25) is 5.02 Å². The summed E-state index contributed by atoms with van der Waals surface area (Å²) in [5.41, 5.74) is 5.28. The molecule has 1 aromatic heterocycles. The number of halogens is 2. The first-order valence-electron chi connectivity index (χ1n) is 3.80. The van der Waals surface area contributed by atoms with E-state index in [1.807, 2.05) is 0 Å². The van der Waals surface area contributed by atoms with Gasteiger partial charge in [0.1, 0.15) is 0 Å². The van der Waals surface area contributed by atoms with Gasteiger partial charge in [-0.2, -0.15) is 0 Å². The number of aromatic nitrogens is 1. The Morgan fingerprint density at radius 1 is 1.46 bits per heavy atom. The van der Waals surface area contributed by atoms with E-state index in [9.17, 15) is 4.79 Å². The summed E-state index contributed by atoms with van der Waals surface area (Å²) >= 11 is 5.70. The van der Waals surface area contributed by atoms with Gasteiger partial charge in [0.15, 0.2) is 0 Å². The van der Waals surface area contributed by atoms with E-state index in [1.54, 1.807) is 16.8 Å². The highest BCUT2D eigenvalue weighted by Gasteiger charge is 1.95. The van der Waals surface area contributed by atoms with E-state index in [-0.39, 0.29) is 18.0 Å². The van der Waals surface area contributed by atoms with Crippen LogP contribution in [0, 0.1) is 0 Å². The maximum Gasteiger partial charge on any atom is 0.250 e. The molecule has 74 valence electrons. The van der Waals surface area contributed by atoms with E-state index in [4.69, 9.17) is 17.3 Å². The number of pyridine rings is 1. The van der Waals surface area contributed by atoms with Gasteiger partial charge in [-0.3, -0.25) is 4.79 Å². The van der Waals surface area contributed by atoms with Gasteiger partial charge in [-0.25, -0.2) is 0 Å². The van der Waals surface area contributed by atoms with Crippen LogP contribution in [-0.2, 0) is 6.54 Å². The van der Waals surface area contributed by atoms with Gasteiger partial charge in [0.05, 0.1) is 5.02 Å². The number of aryl methyl sites for hydroxylation is 1. The van der Waals surface area contributed by atoms with Crippen LogP contribution >= 0.6 is 24.0 Å². The van der Waals surface area contributed by atoms with Crippen LogP contribution in [0.25, 0.3) is 0 Å². The Kier molecular flexibility index (Phi) is 5.79. The first-order chi connectivity index (χ1) is 5.74. The van der Waals surface area contributed by atoms with Gasteiger partial charge >= 0.3 is 0 Å². The lowest BCUT2D eigenvalue weighted by Gasteiger charge is -2.03. The molecule has 0 amide bonds. The molecular weight excluding hydrogens is 211 g/mol. The molecular formula is C8H12Cl2N2O. The molecule has 1 heterocycles. The van der Waals surface area contributed by atoms with Gasteiger partial charge in [-0.05, 0) is 19.0 Å². The van der Waals surface area contributed by atoms with Crippen molar-refractivity contribution in [3.8, 4) is 0 Å². The predicted molar refractivity (Wildman–Crippen MR) is 56.6 cm³/mol. The fourth-order valence-corrected chi connectivity index (χ4v) is 1.12. The Labute approximate surface area is 87.9 Å². The molecule has 0 aliphatic heterocycles. The number of nitrogens with two attached hydrogens (primary N) is 1. The molecule has 1 rings (SSSR count). The Balaban J connectivity index is 0.00000144. The maximum atomic E-state index is 11.1. The molecule has 0 saturated heterocycles. The number of hydrogen-bond donors (Lipinski definition) is 1. The third-order valence-corrected chi connectivity index (χ3v) is 1.77.